The van der Waals surface area contributed by atoms with Gasteiger partial charge in [0.05, 0.1) is 38.5 Å². The van der Waals surface area contributed by atoms with Crippen LogP contribution < -0.4 is 15.6 Å². The third kappa shape index (κ3) is 4.68. The number of nitrogens with one attached hydrogen (secondary N) is 1. The Balaban J connectivity index is 1.29. The van der Waals surface area contributed by atoms with Crippen molar-refractivity contribution in [2.24, 2.45) is 23.5 Å². The van der Waals surface area contributed by atoms with Gasteiger partial charge in [0.2, 0.25) is 5.95 Å². The number of nitrogens with two attached hydrogens (primary N) is 1. The van der Waals surface area contributed by atoms with Gasteiger partial charge >= 0.3 is 0 Å². The van der Waals surface area contributed by atoms with E-state index in [-0.39, 0.29) is 15.7 Å². The SMILES string of the molecule is Cn1c(N2CCC3(CCC[C@@H]3CC(C)(C)S(N)=O)CC2)ncc(Sc2ccc3[nH]ncc3c2)c1=O. The van der Waals surface area contributed by atoms with E-state index in [1.165, 1.54) is 31.0 Å². The van der Waals surface area contributed by atoms with Crippen LogP contribution in [0.3, 0.4) is 0 Å². The molecule has 1 saturated carbocycles. The number of piperidine rings is 1. The second-order valence-electron chi connectivity index (χ2n) is 10.7. The molecule has 0 radical (unpaired) electrons. The molecule has 2 fully saturated rings. The van der Waals surface area contributed by atoms with Crippen LogP contribution in [-0.4, -0.2) is 41.8 Å². The average molecular weight is 515 g/mol. The first kappa shape index (κ1) is 24.5. The third-order valence-electron chi connectivity index (χ3n) is 8.17. The first-order chi connectivity index (χ1) is 16.7. The quantitative estimate of drug-likeness (QED) is 0.515. The monoisotopic (exact) mass is 514 g/mol. The van der Waals surface area contributed by atoms with Crippen molar-refractivity contribution in [2.45, 2.75) is 66.9 Å². The molecule has 2 aliphatic rings. The van der Waals surface area contributed by atoms with Crippen LogP contribution in [0.4, 0.5) is 5.95 Å². The Hall–Kier alpha value is -2.17. The summed E-state index contributed by atoms with van der Waals surface area (Å²) >= 11 is 1.43. The number of benzene rings is 1. The summed E-state index contributed by atoms with van der Waals surface area (Å²) in [6, 6.07) is 5.99. The van der Waals surface area contributed by atoms with Gasteiger partial charge in [-0.2, -0.15) is 5.10 Å². The molecule has 35 heavy (non-hydrogen) atoms. The van der Waals surface area contributed by atoms with Crippen molar-refractivity contribution in [2.75, 3.05) is 18.0 Å². The number of rotatable bonds is 6. The molecule has 1 unspecified atom stereocenters. The molecule has 1 aromatic carbocycles. The van der Waals surface area contributed by atoms with E-state index in [1.807, 2.05) is 39.1 Å². The number of H-pyrrole nitrogens is 1. The molecule has 1 aliphatic carbocycles. The number of aromatic amines is 1. The summed E-state index contributed by atoms with van der Waals surface area (Å²) in [7, 11) is 0.492. The van der Waals surface area contributed by atoms with E-state index in [1.54, 1.807) is 17.0 Å². The van der Waals surface area contributed by atoms with Crippen molar-refractivity contribution in [3.8, 4) is 0 Å². The zero-order valence-electron chi connectivity index (χ0n) is 20.6. The summed E-state index contributed by atoms with van der Waals surface area (Å²) in [5.41, 5.74) is 1.23. The van der Waals surface area contributed by atoms with E-state index < -0.39 is 11.0 Å². The van der Waals surface area contributed by atoms with Gasteiger partial charge in [-0.05, 0) is 75.5 Å². The Morgan fingerprint density at radius 2 is 2.03 bits per heavy atom. The van der Waals surface area contributed by atoms with Crippen LogP contribution in [0, 0.1) is 11.3 Å². The third-order valence-corrected chi connectivity index (χ3v) is 10.4. The average Bonchev–Trinajstić information content (AvgIpc) is 3.44. The lowest BCUT2D eigenvalue weighted by molar-refractivity contribution is 0.133. The molecule has 3 heterocycles. The lowest BCUT2D eigenvalue weighted by Crippen LogP contribution is -2.46. The van der Waals surface area contributed by atoms with Crippen molar-refractivity contribution in [3.63, 3.8) is 0 Å². The summed E-state index contributed by atoms with van der Waals surface area (Å²) < 4.78 is 13.4. The molecule has 2 aromatic heterocycles. The molecule has 10 heteroatoms. The summed E-state index contributed by atoms with van der Waals surface area (Å²) in [6.07, 6.45) is 10.2. The predicted molar refractivity (Wildman–Crippen MR) is 142 cm³/mol. The number of hydrogen-bond acceptors (Lipinski definition) is 6. The maximum absolute atomic E-state index is 13.2. The fraction of sp³-hybridized carbons (Fsp3) is 0.560. The van der Waals surface area contributed by atoms with Crippen LogP contribution in [0.15, 0.2) is 45.2 Å². The van der Waals surface area contributed by atoms with E-state index in [0.717, 1.165) is 54.1 Å². The highest BCUT2D eigenvalue weighted by molar-refractivity contribution is 7.99. The molecule has 5 rings (SSSR count). The number of fused-ring (bicyclic) bond motifs is 1. The molecular weight excluding hydrogens is 480 g/mol. The number of nitrogens with zero attached hydrogens (tertiary/aromatic N) is 4. The molecule has 3 aromatic rings. The Morgan fingerprint density at radius 3 is 2.77 bits per heavy atom. The van der Waals surface area contributed by atoms with Gasteiger partial charge in [-0.1, -0.05) is 18.2 Å². The standard InChI is InChI=1S/C25H34N6O2S2/c1-24(2,35(26)33)14-18-5-4-8-25(18)9-11-31(12-10-25)23-27-16-21(22(32)30(23)3)34-19-6-7-20-17(13-19)15-28-29-20/h6-7,13,15-16,18H,4-5,8-12,14,26H2,1-3H3,(H,28,29)/t18-,35?/m1/s1. The van der Waals surface area contributed by atoms with E-state index in [9.17, 15) is 9.00 Å². The lowest BCUT2D eigenvalue weighted by atomic mass is 9.68. The molecular formula is C25H34N6O2S2. The van der Waals surface area contributed by atoms with Crippen molar-refractivity contribution in [1.82, 2.24) is 19.7 Å². The number of anilines is 1. The van der Waals surface area contributed by atoms with E-state index in [0.29, 0.717) is 10.8 Å². The predicted octanol–water partition coefficient (Wildman–Crippen LogP) is 3.99. The van der Waals surface area contributed by atoms with Gasteiger partial charge in [0.1, 0.15) is 0 Å². The molecule has 0 bridgehead atoms. The highest BCUT2D eigenvalue weighted by Gasteiger charge is 2.47. The molecule has 1 spiro atoms. The minimum absolute atomic E-state index is 0.0292. The molecule has 8 nitrogen and oxygen atoms in total. The van der Waals surface area contributed by atoms with Crippen molar-refractivity contribution in [3.05, 3.63) is 40.9 Å². The van der Waals surface area contributed by atoms with Crippen LogP contribution in [0.25, 0.3) is 10.9 Å². The van der Waals surface area contributed by atoms with Gasteiger partial charge in [-0.3, -0.25) is 19.6 Å². The van der Waals surface area contributed by atoms with Gasteiger partial charge in [-0.25, -0.2) is 9.19 Å². The zero-order chi connectivity index (χ0) is 24.8. The van der Waals surface area contributed by atoms with Crippen molar-refractivity contribution >= 4 is 39.6 Å². The van der Waals surface area contributed by atoms with Gasteiger partial charge in [0, 0.05) is 30.4 Å². The number of hydrogen-bond donors (Lipinski definition) is 2. The summed E-state index contributed by atoms with van der Waals surface area (Å²) in [6.45, 7) is 5.81. The topological polar surface area (TPSA) is 110 Å². The zero-order valence-corrected chi connectivity index (χ0v) is 22.3. The van der Waals surface area contributed by atoms with Crippen LogP contribution in [0.2, 0.25) is 0 Å². The van der Waals surface area contributed by atoms with Crippen LogP contribution in [0.5, 0.6) is 0 Å². The Bertz CT molecular complexity index is 1310. The van der Waals surface area contributed by atoms with Gasteiger partial charge < -0.3 is 4.90 Å². The molecule has 1 aliphatic heterocycles. The van der Waals surface area contributed by atoms with Crippen molar-refractivity contribution in [1.29, 1.82) is 0 Å². The molecule has 188 valence electrons. The Morgan fingerprint density at radius 1 is 1.26 bits per heavy atom. The van der Waals surface area contributed by atoms with Gasteiger partial charge in [-0.15, -0.1) is 0 Å². The molecule has 2 atom stereocenters. The summed E-state index contributed by atoms with van der Waals surface area (Å²) in [5, 5.41) is 13.8. The molecule has 0 amide bonds. The van der Waals surface area contributed by atoms with E-state index in [4.69, 9.17) is 10.1 Å². The number of aromatic nitrogens is 4. The minimum atomic E-state index is -1.32. The second-order valence-corrected chi connectivity index (χ2v) is 13.5. The smallest absolute Gasteiger partial charge is 0.268 e. The van der Waals surface area contributed by atoms with Gasteiger partial charge in [0.25, 0.3) is 5.56 Å². The maximum atomic E-state index is 13.2. The Labute approximate surface area is 212 Å². The van der Waals surface area contributed by atoms with Crippen LogP contribution >= 0.6 is 11.8 Å². The largest absolute Gasteiger partial charge is 0.342 e. The minimum Gasteiger partial charge on any atom is -0.342 e. The van der Waals surface area contributed by atoms with Gasteiger partial charge in [0.15, 0.2) is 0 Å². The Kier molecular flexibility index (Phi) is 6.56. The summed E-state index contributed by atoms with van der Waals surface area (Å²) in [4.78, 5) is 21.8. The van der Waals surface area contributed by atoms with Crippen LogP contribution in [-0.2, 0) is 18.0 Å². The molecule has 3 N–H and O–H groups in total. The fourth-order valence-electron chi connectivity index (χ4n) is 6.00. The highest BCUT2D eigenvalue weighted by Crippen LogP contribution is 2.53. The first-order valence-electron chi connectivity index (χ1n) is 12.3. The molecule has 1 saturated heterocycles. The van der Waals surface area contributed by atoms with Crippen LogP contribution in [0.1, 0.15) is 52.4 Å². The summed E-state index contributed by atoms with van der Waals surface area (Å²) in [5.74, 6) is 1.28. The maximum Gasteiger partial charge on any atom is 0.268 e. The normalized spacial score (nSPS) is 21.1. The fourth-order valence-corrected chi connectivity index (χ4v) is 7.28. The van der Waals surface area contributed by atoms with E-state index in [2.05, 4.69) is 15.1 Å². The lowest BCUT2D eigenvalue weighted by Gasteiger charge is -2.45. The second kappa shape index (κ2) is 9.37. The highest BCUT2D eigenvalue weighted by atomic mass is 32.2. The van der Waals surface area contributed by atoms with Crippen molar-refractivity contribution < 1.29 is 4.21 Å². The van der Waals surface area contributed by atoms with E-state index >= 15 is 0 Å². The first-order valence-corrected chi connectivity index (χ1v) is 14.3.